The lowest BCUT2D eigenvalue weighted by Crippen LogP contribution is -2.49. The van der Waals surface area contributed by atoms with Gasteiger partial charge in [-0.2, -0.15) is 4.31 Å². The number of rotatable bonds is 5. The summed E-state index contributed by atoms with van der Waals surface area (Å²) in [7, 11) is -2.06. The third-order valence-corrected chi connectivity index (χ3v) is 9.26. The van der Waals surface area contributed by atoms with Gasteiger partial charge in [0.2, 0.25) is 10.0 Å². The molecule has 0 spiro atoms. The highest BCUT2D eigenvalue weighted by Gasteiger charge is 2.39. The molecule has 2 aromatic carbocycles. The molecule has 2 atom stereocenters. The number of benzene rings is 2. The number of sulfonamides is 1. The van der Waals surface area contributed by atoms with Crippen molar-refractivity contribution in [3.63, 3.8) is 0 Å². The van der Waals surface area contributed by atoms with E-state index in [9.17, 15) is 13.2 Å². The van der Waals surface area contributed by atoms with Gasteiger partial charge in [-0.05, 0) is 72.7 Å². The first kappa shape index (κ1) is 22.3. The number of pyridine rings is 1. The Hall–Kier alpha value is -2.55. The highest BCUT2D eigenvalue weighted by Crippen LogP contribution is 2.38. The van der Waals surface area contributed by atoms with Crippen LogP contribution < -0.4 is 10.3 Å². The molecular formula is C25H26N2O4S2. The number of thioether (sulfide) groups is 1. The molecule has 172 valence electrons. The Balaban J connectivity index is 1.45. The van der Waals surface area contributed by atoms with E-state index in [1.807, 2.05) is 47.2 Å². The lowest BCUT2D eigenvalue weighted by Gasteiger charge is -2.42. The average molecular weight is 483 g/mol. The Morgan fingerprint density at radius 1 is 0.939 bits per heavy atom. The summed E-state index contributed by atoms with van der Waals surface area (Å²) in [5.74, 6) is 0.735. The van der Waals surface area contributed by atoms with Crippen molar-refractivity contribution in [3.8, 4) is 16.9 Å². The van der Waals surface area contributed by atoms with Crippen molar-refractivity contribution < 1.29 is 13.2 Å². The van der Waals surface area contributed by atoms with E-state index in [0.717, 1.165) is 22.6 Å². The van der Waals surface area contributed by atoms with E-state index >= 15 is 0 Å². The van der Waals surface area contributed by atoms with Gasteiger partial charge >= 0.3 is 0 Å². The van der Waals surface area contributed by atoms with Crippen LogP contribution in [-0.4, -0.2) is 43.7 Å². The number of hydrogen-bond donors (Lipinski definition) is 0. The minimum atomic E-state index is -3.61. The van der Waals surface area contributed by atoms with Crippen LogP contribution in [-0.2, 0) is 16.6 Å². The minimum Gasteiger partial charge on any atom is -0.497 e. The lowest BCUT2D eigenvalue weighted by molar-refractivity contribution is 0.186. The first-order chi connectivity index (χ1) is 15.9. The van der Waals surface area contributed by atoms with Crippen molar-refractivity contribution in [2.45, 2.75) is 28.7 Å². The molecule has 8 heteroatoms. The van der Waals surface area contributed by atoms with Gasteiger partial charge in [0.15, 0.2) is 0 Å². The van der Waals surface area contributed by atoms with Crippen LogP contribution in [0.3, 0.4) is 0 Å². The summed E-state index contributed by atoms with van der Waals surface area (Å²) < 4.78 is 35.2. The van der Waals surface area contributed by atoms with Gasteiger partial charge in [0.1, 0.15) is 5.75 Å². The zero-order valence-corrected chi connectivity index (χ0v) is 20.2. The van der Waals surface area contributed by atoms with Gasteiger partial charge in [0.25, 0.3) is 5.56 Å². The molecule has 3 heterocycles. The summed E-state index contributed by atoms with van der Waals surface area (Å²) in [6, 6.07) is 18.4. The summed E-state index contributed by atoms with van der Waals surface area (Å²) in [5.41, 5.74) is 2.53. The highest BCUT2D eigenvalue weighted by atomic mass is 32.2. The van der Waals surface area contributed by atoms with Gasteiger partial charge in [-0.15, -0.1) is 11.8 Å². The molecule has 33 heavy (non-hydrogen) atoms. The fourth-order valence-corrected chi connectivity index (χ4v) is 6.95. The van der Waals surface area contributed by atoms with Gasteiger partial charge in [-0.25, -0.2) is 8.42 Å². The molecule has 2 aliphatic rings. The maximum absolute atomic E-state index is 13.4. The smallest absolute Gasteiger partial charge is 0.258 e. The molecule has 0 N–H and O–H groups in total. The van der Waals surface area contributed by atoms with Crippen LogP contribution in [0.25, 0.3) is 11.1 Å². The van der Waals surface area contributed by atoms with Crippen LogP contribution in [0.1, 0.15) is 18.0 Å². The molecule has 0 radical (unpaired) electrons. The van der Waals surface area contributed by atoms with Crippen LogP contribution in [0.4, 0.5) is 0 Å². The third kappa shape index (κ3) is 4.00. The second-order valence-corrected chi connectivity index (χ2v) is 11.4. The van der Waals surface area contributed by atoms with Gasteiger partial charge < -0.3 is 9.30 Å². The number of piperidine rings is 1. The second-order valence-electron chi connectivity index (χ2n) is 8.61. The van der Waals surface area contributed by atoms with Crippen molar-refractivity contribution in [1.82, 2.24) is 8.87 Å². The quantitative estimate of drug-likeness (QED) is 0.513. The van der Waals surface area contributed by atoms with Crippen LogP contribution >= 0.6 is 11.8 Å². The number of aromatic nitrogens is 1. The summed E-state index contributed by atoms with van der Waals surface area (Å²) in [6.07, 6.45) is 2.93. The first-order valence-corrected chi connectivity index (χ1v) is 13.6. The molecule has 5 rings (SSSR count). The normalized spacial score (nSPS) is 20.3. The lowest BCUT2D eigenvalue weighted by atomic mass is 9.84. The average Bonchev–Trinajstić information content (AvgIpc) is 2.85. The standard InChI is InChI=1S/C25H26N2O4S2/c1-31-20-5-9-22(10-6-20)33(29,30)26-14-17-13-19(16-26)24-12-11-23(25(28)27(24)15-17)18-3-7-21(32-2)8-4-18/h3-12,17,19H,13-16H2,1-2H3. The van der Waals surface area contributed by atoms with E-state index in [2.05, 4.69) is 0 Å². The summed E-state index contributed by atoms with van der Waals surface area (Å²) in [5, 5.41) is 0. The summed E-state index contributed by atoms with van der Waals surface area (Å²) in [6.45, 7) is 1.34. The molecule has 0 aliphatic carbocycles. The molecule has 1 aromatic heterocycles. The van der Waals surface area contributed by atoms with Gasteiger partial charge in [0, 0.05) is 41.7 Å². The zero-order valence-electron chi connectivity index (χ0n) is 18.6. The molecule has 2 aliphatic heterocycles. The Morgan fingerprint density at radius 2 is 1.67 bits per heavy atom. The maximum atomic E-state index is 13.4. The topological polar surface area (TPSA) is 68.6 Å². The van der Waals surface area contributed by atoms with E-state index in [1.54, 1.807) is 47.4 Å². The Labute approximate surface area is 198 Å². The Bertz CT molecular complexity index is 1330. The fourth-order valence-electron chi connectivity index (χ4n) is 4.99. The third-order valence-electron chi connectivity index (χ3n) is 6.67. The molecule has 3 aromatic rings. The van der Waals surface area contributed by atoms with Crippen molar-refractivity contribution in [2.75, 3.05) is 26.5 Å². The molecule has 1 saturated heterocycles. The molecule has 0 saturated carbocycles. The number of methoxy groups -OCH3 is 1. The van der Waals surface area contributed by atoms with Crippen molar-refractivity contribution in [1.29, 1.82) is 0 Å². The Kier molecular flexibility index (Phi) is 5.84. The predicted molar refractivity (Wildman–Crippen MR) is 131 cm³/mol. The fraction of sp³-hybridized carbons (Fsp3) is 0.320. The zero-order chi connectivity index (χ0) is 23.2. The van der Waals surface area contributed by atoms with Gasteiger partial charge in [-0.3, -0.25) is 4.79 Å². The summed E-state index contributed by atoms with van der Waals surface area (Å²) >= 11 is 1.67. The van der Waals surface area contributed by atoms with Crippen LogP contribution in [0.5, 0.6) is 5.75 Å². The van der Waals surface area contributed by atoms with Crippen molar-refractivity contribution in [3.05, 3.63) is 76.7 Å². The van der Waals surface area contributed by atoms with Crippen LogP contribution in [0.2, 0.25) is 0 Å². The van der Waals surface area contributed by atoms with Crippen LogP contribution in [0, 0.1) is 5.92 Å². The first-order valence-electron chi connectivity index (χ1n) is 10.9. The van der Waals surface area contributed by atoms with E-state index in [-0.39, 0.29) is 22.3 Å². The van der Waals surface area contributed by atoms with Gasteiger partial charge in [-0.1, -0.05) is 12.1 Å². The van der Waals surface area contributed by atoms with E-state index in [1.165, 1.54) is 0 Å². The largest absolute Gasteiger partial charge is 0.497 e. The van der Waals surface area contributed by atoms with Crippen LogP contribution in [0.15, 0.2) is 75.2 Å². The SMILES string of the molecule is COc1ccc(S(=O)(=O)N2CC3CC(C2)c2ccc(-c4ccc(SC)cc4)c(=O)n2C3)cc1. The number of nitrogens with zero attached hydrogens (tertiary/aromatic N) is 2. The Morgan fingerprint density at radius 3 is 2.33 bits per heavy atom. The molecule has 2 unspecified atom stereocenters. The number of fused-ring (bicyclic) bond motifs is 4. The molecule has 0 amide bonds. The van der Waals surface area contributed by atoms with E-state index < -0.39 is 10.0 Å². The predicted octanol–water partition coefficient (Wildman–Crippen LogP) is 4.05. The maximum Gasteiger partial charge on any atom is 0.258 e. The molecule has 1 fully saturated rings. The molecular weight excluding hydrogens is 456 g/mol. The summed E-state index contributed by atoms with van der Waals surface area (Å²) in [4.78, 5) is 14.8. The van der Waals surface area contributed by atoms with Gasteiger partial charge in [0.05, 0.1) is 12.0 Å². The van der Waals surface area contributed by atoms with Crippen molar-refractivity contribution in [2.24, 2.45) is 5.92 Å². The minimum absolute atomic E-state index is 0.00515. The van der Waals surface area contributed by atoms with Crippen molar-refractivity contribution >= 4 is 21.8 Å². The number of ether oxygens (including phenoxy) is 1. The van der Waals surface area contributed by atoms with E-state index in [4.69, 9.17) is 4.74 Å². The second kappa shape index (κ2) is 8.66. The highest BCUT2D eigenvalue weighted by molar-refractivity contribution is 7.98. The van der Waals surface area contributed by atoms with E-state index in [0.29, 0.717) is 30.9 Å². The number of hydrogen-bond acceptors (Lipinski definition) is 5. The monoisotopic (exact) mass is 482 g/mol. The molecule has 6 nitrogen and oxygen atoms in total. The molecule has 2 bridgehead atoms.